The van der Waals surface area contributed by atoms with Crippen LogP contribution in [0.15, 0.2) is 34.1 Å². The maximum absolute atomic E-state index is 11.3. The summed E-state index contributed by atoms with van der Waals surface area (Å²) in [6.45, 7) is 7.75. The molecule has 0 saturated heterocycles. The number of phenolic OH excluding ortho intramolecular Hbond substituents is 2. The predicted molar refractivity (Wildman–Crippen MR) is 111 cm³/mol. The fourth-order valence-corrected chi connectivity index (χ4v) is 4.04. The van der Waals surface area contributed by atoms with Crippen LogP contribution < -0.4 is 0 Å². The van der Waals surface area contributed by atoms with Crippen molar-refractivity contribution in [1.29, 1.82) is 0 Å². The Balaban J connectivity index is 2.54. The van der Waals surface area contributed by atoms with Gasteiger partial charge < -0.3 is 10.2 Å². The van der Waals surface area contributed by atoms with Crippen LogP contribution in [-0.4, -0.2) is 20.1 Å². The van der Waals surface area contributed by atoms with Crippen molar-refractivity contribution in [2.75, 3.05) is 0 Å². The van der Waals surface area contributed by atoms with E-state index in [4.69, 9.17) is 0 Å². The molecule has 0 aromatic heterocycles. The lowest BCUT2D eigenvalue weighted by Gasteiger charge is -2.12. The number of nitro benzene ring substituents is 2. The molecule has 0 atom stereocenters. The van der Waals surface area contributed by atoms with Gasteiger partial charge in [0.25, 0.3) is 0 Å². The van der Waals surface area contributed by atoms with Gasteiger partial charge in [-0.3, -0.25) is 20.2 Å². The number of hydrogen-bond donors (Lipinski definition) is 2. The monoisotopic (exact) mass is 420 g/mol. The van der Waals surface area contributed by atoms with Gasteiger partial charge in [-0.05, 0) is 36.8 Å². The van der Waals surface area contributed by atoms with Crippen LogP contribution in [0.25, 0.3) is 0 Å². The van der Waals surface area contributed by atoms with Gasteiger partial charge in [0.1, 0.15) is 0 Å². The largest absolute Gasteiger partial charge is 0.502 e. The first-order chi connectivity index (χ1) is 13.5. The standard InChI is InChI=1S/C20H24N2O6S/c1-11(2)5-13-7-15(9-17(19(13)23)21(25)26)29-16-8-14(6-12(3)4)20(24)18(10-16)22(27)28/h7-12,23-24H,5-6H2,1-4H3. The molecule has 156 valence electrons. The number of nitrogens with zero attached hydrogens (tertiary/aromatic N) is 2. The van der Waals surface area contributed by atoms with Crippen LogP contribution in [-0.2, 0) is 12.8 Å². The quantitative estimate of drug-likeness (QED) is 0.428. The maximum Gasteiger partial charge on any atom is 0.312 e. The van der Waals surface area contributed by atoms with E-state index in [0.717, 1.165) is 11.8 Å². The summed E-state index contributed by atoms with van der Waals surface area (Å²) in [7, 11) is 0. The lowest BCUT2D eigenvalue weighted by atomic mass is 10.0. The molecule has 8 nitrogen and oxygen atoms in total. The zero-order valence-corrected chi connectivity index (χ0v) is 17.5. The van der Waals surface area contributed by atoms with Gasteiger partial charge >= 0.3 is 11.4 Å². The fraction of sp³-hybridized carbons (Fsp3) is 0.400. The van der Waals surface area contributed by atoms with Crippen molar-refractivity contribution in [3.63, 3.8) is 0 Å². The van der Waals surface area contributed by atoms with E-state index in [9.17, 15) is 30.4 Å². The van der Waals surface area contributed by atoms with Crippen LogP contribution in [0.3, 0.4) is 0 Å². The van der Waals surface area contributed by atoms with Gasteiger partial charge in [0, 0.05) is 33.1 Å². The average Bonchev–Trinajstić information content (AvgIpc) is 2.58. The minimum absolute atomic E-state index is 0.174. The Morgan fingerprint density at radius 1 is 0.793 bits per heavy atom. The molecule has 0 aliphatic rings. The van der Waals surface area contributed by atoms with Crippen LogP contribution >= 0.6 is 11.8 Å². The lowest BCUT2D eigenvalue weighted by Crippen LogP contribution is -1.99. The first kappa shape index (κ1) is 22.5. The molecule has 9 heteroatoms. The van der Waals surface area contributed by atoms with Gasteiger partial charge in [-0.1, -0.05) is 39.5 Å². The second-order valence-electron chi connectivity index (χ2n) is 7.71. The van der Waals surface area contributed by atoms with Crippen molar-refractivity contribution in [2.24, 2.45) is 11.8 Å². The first-order valence-electron chi connectivity index (χ1n) is 9.18. The van der Waals surface area contributed by atoms with Gasteiger partial charge in [0.05, 0.1) is 9.85 Å². The average molecular weight is 420 g/mol. The highest BCUT2D eigenvalue weighted by Gasteiger charge is 2.23. The highest BCUT2D eigenvalue weighted by Crippen LogP contribution is 2.42. The van der Waals surface area contributed by atoms with E-state index >= 15 is 0 Å². The Morgan fingerprint density at radius 3 is 1.41 bits per heavy atom. The minimum atomic E-state index is -0.646. The Kier molecular flexibility index (Phi) is 7.07. The number of rotatable bonds is 8. The lowest BCUT2D eigenvalue weighted by molar-refractivity contribution is -0.386. The van der Waals surface area contributed by atoms with Gasteiger partial charge in [-0.15, -0.1) is 0 Å². The fourth-order valence-electron chi connectivity index (χ4n) is 3.02. The van der Waals surface area contributed by atoms with E-state index < -0.39 is 21.2 Å². The third-order valence-corrected chi connectivity index (χ3v) is 5.11. The summed E-state index contributed by atoms with van der Waals surface area (Å²) in [4.78, 5) is 22.4. The van der Waals surface area contributed by atoms with Crippen molar-refractivity contribution < 1.29 is 20.1 Å². The summed E-state index contributed by atoms with van der Waals surface area (Å²) >= 11 is 1.12. The summed E-state index contributed by atoms with van der Waals surface area (Å²) in [6, 6.07) is 5.83. The van der Waals surface area contributed by atoms with Gasteiger partial charge in [-0.25, -0.2) is 0 Å². The molecule has 0 aliphatic carbocycles. The highest BCUT2D eigenvalue weighted by atomic mass is 32.2. The number of hydrogen-bond acceptors (Lipinski definition) is 7. The van der Waals surface area contributed by atoms with E-state index in [2.05, 4.69) is 0 Å². The third kappa shape index (κ3) is 5.60. The van der Waals surface area contributed by atoms with E-state index in [0.29, 0.717) is 33.8 Å². The summed E-state index contributed by atoms with van der Waals surface area (Å²) in [5, 5.41) is 43.1. The first-order valence-corrected chi connectivity index (χ1v) is 9.99. The molecule has 2 N–H and O–H groups in total. The van der Waals surface area contributed by atoms with Crippen molar-refractivity contribution in [1.82, 2.24) is 0 Å². The Labute approximate surface area is 172 Å². The van der Waals surface area contributed by atoms with Crippen molar-refractivity contribution in [3.05, 3.63) is 55.6 Å². The molecule has 0 unspecified atom stereocenters. The molecule has 0 spiro atoms. The predicted octanol–water partition coefficient (Wildman–Crippen LogP) is 5.46. The molecule has 0 fully saturated rings. The number of aromatic hydroxyl groups is 2. The van der Waals surface area contributed by atoms with Crippen LogP contribution in [0, 0.1) is 32.1 Å². The van der Waals surface area contributed by atoms with Crippen LogP contribution in [0.5, 0.6) is 11.5 Å². The maximum atomic E-state index is 11.3. The zero-order valence-electron chi connectivity index (χ0n) is 16.7. The summed E-state index contributed by atoms with van der Waals surface area (Å²) < 4.78 is 0. The Hall–Kier alpha value is -2.81. The van der Waals surface area contributed by atoms with Crippen LogP contribution in [0.1, 0.15) is 38.8 Å². The van der Waals surface area contributed by atoms with E-state index in [1.165, 1.54) is 12.1 Å². The summed E-state index contributed by atoms with van der Waals surface area (Å²) in [6.07, 6.45) is 0.908. The minimum Gasteiger partial charge on any atom is -0.502 e. The smallest absolute Gasteiger partial charge is 0.312 e. The van der Waals surface area contributed by atoms with E-state index in [-0.39, 0.29) is 23.3 Å². The van der Waals surface area contributed by atoms with Gasteiger partial charge in [-0.2, -0.15) is 0 Å². The summed E-state index contributed by atoms with van der Waals surface area (Å²) in [5.74, 6) is -0.364. The molecule has 2 rings (SSSR count). The van der Waals surface area contributed by atoms with Crippen LogP contribution in [0.4, 0.5) is 11.4 Å². The molecule has 2 aromatic rings. The highest BCUT2D eigenvalue weighted by molar-refractivity contribution is 7.99. The number of phenols is 2. The third-order valence-electron chi connectivity index (χ3n) is 4.17. The van der Waals surface area contributed by atoms with Crippen LogP contribution in [0.2, 0.25) is 0 Å². The van der Waals surface area contributed by atoms with Gasteiger partial charge in [0.2, 0.25) is 0 Å². The number of benzene rings is 2. The molecule has 0 heterocycles. The topological polar surface area (TPSA) is 127 Å². The molecule has 29 heavy (non-hydrogen) atoms. The second-order valence-corrected chi connectivity index (χ2v) is 8.86. The molecule has 2 aromatic carbocycles. The molecule has 0 aliphatic heterocycles. The molecule has 0 radical (unpaired) electrons. The van der Waals surface area contributed by atoms with Gasteiger partial charge in [0.15, 0.2) is 11.5 Å². The zero-order chi connectivity index (χ0) is 21.9. The van der Waals surface area contributed by atoms with Crippen molar-refractivity contribution >= 4 is 23.1 Å². The van der Waals surface area contributed by atoms with E-state index in [1.54, 1.807) is 12.1 Å². The molecular formula is C20H24N2O6S. The molecule has 0 saturated carbocycles. The van der Waals surface area contributed by atoms with Crippen molar-refractivity contribution in [2.45, 2.75) is 50.3 Å². The second kappa shape index (κ2) is 9.13. The van der Waals surface area contributed by atoms with E-state index in [1.807, 2.05) is 27.7 Å². The summed E-state index contributed by atoms with van der Waals surface area (Å²) in [5.41, 5.74) is 0.0995. The van der Waals surface area contributed by atoms with Crippen molar-refractivity contribution in [3.8, 4) is 11.5 Å². The normalized spacial score (nSPS) is 11.2. The molecule has 0 bridgehead atoms. The Bertz CT molecular complexity index is 868. The molecule has 0 amide bonds. The number of nitro groups is 2. The molecular weight excluding hydrogens is 396 g/mol. The SMILES string of the molecule is CC(C)Cc1cc(Sc2cc(CC(C)C)c(O)c([N+](=O)[O-])c2)cc([N+](=O)[O-])c1O. The Morgan fingerprint density at radius 2 is 1.14 bits per heavy atom.